The van der Waals surface area contributed by atoms with Crippen molar-refractivity contribution < 1.29 is 18.7 Å². The fourth-order valence-corrected chi connectivity index (χ4v) is 4.40. The van der Waals surface area contributed by atoms with E-state index < -0.39 is 5.97 Å². The van der Waals surface area contributed by atoms with Crippen molar-refractivity contribution in [2.24, 2.45) is 0 Å². The number of thiazole rings is 1. The quantitative estimate of drug-likeness (QED) is 0.468. The van der Waals surface area contributed by atoms with Gasteiger partial charge in [-0.1, -0.05) is 41.7 Å². The third-order valence-electron chi connectivity index (χ3n) is 4.98. The van der Waals surface area contributed by atoms with Crippen molar-refractivity contribution in [2.45, 2.75) is 12.5 Å². The number of carbonyl (C=O) groups is 2. The molecule has 4 aromatic rings. The summed E-state index contributed by atoms with van der Waals surface area (Å²) in [6.07, 6.45) is 0.107. The lowest BCUT2D eigenvalue weighted by molar-refractivity contribution is 0.0252. The van der Waals surface area contributed by atoms with Crippen LogP contribution in [0.1, 0.15) is 37.9 Å². The Kier molecular flexibility index (Phi) is 4.52. The monoisotopic (exact) mass is 418 g/mol. The molecule has 5 nitrogen and oxygen atoms in total. The predicted molar refractivity (Wildman–Crippen MR) is 112 cm³/mol. The highest BCUT2D eigenvalue weighted by Crippen LogP contribution is 2.31. The maximum Gasteiger partial charge on any atom is 0.339 e. The third kappa shape index (κ3) is 3.44. The van der Waals surface area contributed by atoms with Gasteiger partial charge in [0.2, 0.25) is 0 Å². The smallest absolute Gasteiger partial charge is 0.339 e. The van der Waals surface area contributed by atoms with Gasteiger partial charge in [0.15, 0.2) is 5.13 Å². The van der Waals surface area contributed by atoms with E-state index in [-0.39, 0.29) is 17.8 Å². The number of nitrogens with zero attached hydrogens (tertiary/aromatic N) is 1. The third-order valence-corrected chi connectivity index (χ3v) is 5.92. The standard InChI is InChI=1S/C23H15FN2O3S/c24-16-7-9-18-20(12-16)30-23(25-18)26-21(27)14-6-8-17-15(10-14)11-19(29-22(17)28)13-4-2-1-3-5-13/h1-10,12,19H,11H2,(H,25,26,27). The average molecular weight is 418 g/mol. The van der Waals surface area contributed by atoms with Crippen LogP contribution in [-0.2, 0) is 11.2 Å². The van der Waals surface area contributed by atoms with Gasteiger partial charge in [0.05, 0.1) is 15.8 Å². The lowest BCUT2D eigenvalue weighted by Gasteiger charge is -2.25. The van der Waals surface area contributed by atoms with Gasteiger partial charge < -0.3 is 4.74 Å². The molecule has 0 fully saturated rings. The van der Waals surface area contributed by atoms with E-state index in [1.54, 1.807) is 24.3 Å². The minimum Gasteiger partial charge on any atom is -0.454 e. The Bertz CT molecular complexity index is 1290. The number of cyclic esters (lactones) is 1. The summed E-state index contributed by atoms with van der Waals surface area (Å²) < 4.78 is 19.6. The number of fused-ring (bicyclic) bond motifs is 2. The summed E-state index contributed by atoms with van der Waals surface area (Å²) in [6, 6.07) is 18.7. The maximum absolute atomic E-state index is 13.4. The molecule has 1 amide bonds. The number of rotatable bonds is 3. The van der Waals surface area contributed by atoms with Crippen LogP contribution in [0, 0.1) is 5.82 Å². The Morgan fingerprint density at radius 3 is 2.77 bits per heavy atom. The highest BCUT2D eigenvalue weighted by Gasteiger charge is 2.28. The van der Waals surface area contributed by atoms with Gasteiger partial charge in [-0.25, -0.2) is 14.2 Å². The van der Waals surface area contributed by atoms with Crippen LogP contribution in [0.2, 0.25) is 0 Å². The van der Waals surface area contributed by atoms with E-state index in [0.29, 0.717) is 32.9 Å². The number of nitrogens with one attached hydrogen (secondary N) is 1. The van der Waals surface area contributed by atoms with Gasteiger partial charge >= 0.3 is 5.97 Å². The van der Waals surface area contributed by atoms with Gasteiger partial charge in [-0.3, -0.25) is 10.1 Å². The van der Waals surface area contributed by atoms with E-state index >= 15 is 0 Å². The molecule has 148 valence electrons. The average Bonchev–Trinajstić information content (AvgIpc) is 3.15. The summed E-state index contributed by atoms with van der Waals surface area (Å²) >= 11 is 1.20. The van der Waals surface area contributed by atoms with E-state index in [4.69, 9.17) is 4.74 Å². The van der Waals surface area contributed by atoms with Gasteiger partial charge in [0.25, 0.3) is 5.91 Å². The Morgan fingerprint density at radius 2 is 1.93 bits per heavy atom. The molecule has 1 N–H and O–H groups in total. The van der Waals surface area contributed by atoms with Crippen molar-refractivity contribution >= 4 is 38.6 Å². The molecule has 0 radical (unpaired) electrons. The topological polar surface area (TPSA) is 68.3 Å². The molecule has 1 atom stereocenters. The second-order valence-electron chi connectivity index (χ2n) is 6.97. The molecule has 5 rings (SSSR count). The molecule has 1 aromatic heterocycles. The number of esters is 1. The molecule has 30 heavy (non-hydrogen) atoms. The number of benzene rings is 3. The van der Waals surface area contributed by atoms with E-state index in [0.717, 1.165) is 11.1 Å². The Labute approximate surface area is 175 Å². The van der Waals surface area contributed by atoms with E-state index in [1.807, 2.05) is 30.3 Å². The number of hydrogen-bond acceptors (Lipinski definition) is 5. The molecular weight excluding hydrogens is 403 g/mol. The molecule has 0 spiro atoms. The Hall–Kier alpha value is -3.58. The second kappa shape index (κ2) is 7.35. The zero-order chi connectivity index (χ0) is 20.7. The number of ether oxygens (including phenoxy) is 1. The van der Waals surface area contributed by atoms with Crippen molar-refractivity contribution in [3.05, 3.63) is 94.8 Å². The van der Waals surface area contributed by atoms with Crippen LogP contribution < -0.4 is 5.32 Å². The van der Waals surface area contributed by atoms with Crippen LogP contribution in [0.5, 0.6) is 0 Å². The van der Waals surface area contributed by atoms with Crippen LogP contribution >= 0.6 is 11.3 Å². The fourth-order valence-electron chi connectivity index (χ4n) is 3.51. The molecule has 0 bridgehead atoms. The van der Waals surface area contributed by atoms with Gasteiger partial charge in [-0.05, 0) is 47.5 Å². The first kappa shape index (κ1) is 18.4. The summed E-state index contributed by atoms with van der Waals surface area (Å²) in [7, 11) is 0. The molecule has 0 saturated heterocycles. The number of amides is 1. The maximum atomic E-state index is 13.4. The molecule has 1 aliphatic heterocycles. The lowest BCUT2D eigenvalue weighted by atomic mass is 9.93. The number of carbonyl (C=O) groups excluding carboxylic acids is 2. The number of aromatic nitrogens is 1. The van der Waals surface area contributed by atoms with Crippen molar-refractivity contribution in [1.29, 1.82) is 0 Å². The number of hydrogen-bond donors (Lipinski definition) is 1. The van der Waals surface area contributed by atoms with Crippen molar-refractivity contribution in [3.63, 3.8) is 0 Å². The minimum absolute atomic E-state index is 0.340. The van der Waals surface area contributed by atoms with Gasteiger partial charge in [-0.2, -0.15) is 0 Å². The molecular formula is C23H15FN2O3S. The van der Waals surface area contributed by atoms with Crippen LogP contribution in [0.15, 0.2) is 66.7 Å². The highest BCUT2D eigenvalue weighted by molar-refractivity contribution is 7.22. The SMILES string of the molecule is O=C(Nc1nc2ccc(F)cc2s1)c1ccc2c(c1)CC(c1ccccc1)OC2=O. The minimum atomic E-state index is -0.398. The van der Waals surface area contributed by atoms with Crippen molar-refractivity contribution in [3.8, 4) is 0 Å². The molecule has 2 heterocycles. The van der Waals surface area contributed by atoms with Gasteiger partial charge in [-0.15, -0.1) is 0 Å². The summed E-state index contributed by atoms with van der Waals surface area (Å²) in [5, 5.41) is 3.15. The van der Waals surface area contributed by atoms with Crippen LogP contribution in [-0.4, -0.2) is 16.9 Å². The zero-order valence-electron chi connectivity index (χ0n) is 15.6. The second-order valence-corrected chi connectivity index (χ2v) is 8.00. The molecule has 7 heteroatoms. The summed E-state index contributed by atoms with van der Waals surface area (Å²) in [4.78, 5) is 29.5. The van der Waals surface area contributed by atoms with Crippen LogP contribution in [0.25, 0.3) is 10.2 Å². The Balaban J connectivity index is 1.40. The number of halogens is 1. The lowest BCUT2D eigenvalue weighted by Crippen LogP contribution is -2.23. The first-order valence-corrected chi connectivity index (χ1v) is 10.1. The molecule has 0 aliphatic carbocycles. The molecule has 1 unspecified atom stereocenters. The van der Waals surface area contributed by atoms with Gasteiger partial charge in [0, 0.05) is 12.0 Å². The van der Waals surface area contributed by atoms with Gasteiger partial charge in [0.1, 0.15) is 11.9 Å². The largest absolute Gasteiger partial charge is 0.454 e. The molecule has 3 aromatic carbocycles. The molecule has 1 aliphatic rings. The van der Waals surface area contributed by atoms with Crippen LogP contribution in [0.3, 0.4) is 0 Å². The summed E-state index contributed by atoms with van der Waals surface area (Å²) in [5.41, 5.74) is 3.18. The predicted octanol–water partition coefficient (Wildman–Crippen LogP) is 5.14. The Morgan fingerprint density at radius 1 is 1.10 bits per heavy atom. The highest BCUT2D eigenvalue weighted by atomic mass is 32.1. The molecule has 0 saturated carbocycles. The number of anilines is 1. The van der Waals surface area contributed by atoms with E-state index in [1.165, 1.54) is 23.5 Å². The zero-order valence-corrected chi connectivity index (χ0v) is 16.4. The van der Waals surface area contributed by atoms with Crippen molar-refractivity contribution in [1.82, 2.24) is 4.98 Å². The normalized spacial score (nSPS) is 15.5. The summed E-state index contributed by atoms with van der Waals surface area (Å²) in [5.74, 6) is -1.09. The first-order chi connectivity index (χ1) is 14.6. The van der Waals surface area contributed by atoms with Crippen molar-refractivity contribution in [2.75, 3.05) is 5.32 Å². The first-order valence-electron chi connectivity index (χ1n) is 9.33. The fraction of sp³-hybridized carbons (Fsp3) is 0.0870. The van der Waals surface area contributed by atoms with Crippen LogP contribution in [0.4, 0.5) is 9.52 Å². The van der Waals surface area contributed by atoms with E-state index in [2.05, 4.69) is 10.3 Å². The summed E-state index contributed by atoms with van der Waals surface area (Å²) in [6.45, 7) is 0. The van der Waals surface area contributed by atoms with E-state index in [9.17, 15) is 14.0 Å².